The van der Waals surface area contributed by atoms with Crippen LogP contribution in [0.4, 0.5) is 5.13 Å². The number of nitrogens with zero attached hydrogens (tertiary/aromatic N) is 3. The third-order valence-corrected chi connectivity index (χ3v) is 5.74. The third kappa shape index (κ3) is 4.18. The number of rotatable bonds is 5. The minimum Gasteiger partial charge on any atom is -0.336 e. The molecule has 6 nitrogen and oxygen atoms in total. The second-order valence-corrected chi connectivity index (χ2v) is 7.83. The van der Waals surface area contributed by atoms with Gasteiger partial charge in [0.05, 0.1) is 5.69 Å². The zero-order valence-corrected chi connectivity index (χ0v) is 16.5. The van der Waals surface area contributed by atoms with Crippen LogP contribution in [0.25, 0.3) is 5.69 Å². The molecule has 1 amide bonds. The Morgan fingerprint density at radius 1 is 1.22 bits per heavy atom. The van der Waals surface area contributed by atoms with Gasteiger partial charge < -0.3 is 4.98 Å². The summed E-state index contributed by atoms with van der Waals surface area (Å²) in [5, 5.41) is 5.53. The summed E-state index contributed by atoms with van der Waals surface area (Å²) in [6, 6.07) is 9.60. The van der Waals surface area contributed by atoms with E-state index < -0.39 is 0 Å². The zero-order chi connectivity index (χ0) is 18.6. The summed E-state index contributed by atoms with van der Waals surface area (Å²) in [7, 11) is 0. The van der Waals surface area contributed by atoms with Crippen LogP contribution in [-0.2, 0) is 6.54 Å². The van der Waals surface area contributed by atoms with Gasteiger partial charge in [-0.25, -0.2) is 4.98 Å². The molecule has 0 atom stereocenters. The van der Waals surface area contributed by atoms with E-state index in [-0.39, 0.29) is 5.91 Å². The second-order valence-electron chi connectivity index (χ2n) is 6.58. The number of amides is 1. The number of para-hydroxylation sites is 1. The highest BCUT2D eigenvalue weighted by Crippen LogP contribution is 2.20. The molecule has 4 rings (SSSR count). The number of thiazole rings is 1. The summed E-state index contributed by atoms with van der Waals surface area (Å²) in [5.74, 6) is -0.231. The smallest absolute Gasteiger partial charge is 0.276 e. The number of carbonyl (C=O) groups excluding carboxylic acids is 1. The predicted octanol–water partition coefficient (Wildman–Crippen LogP) is 4.23. The molecular formula is C19H21N5OS2. The Kier molecular flexibility index (Phi) is 5.47. The van der Waals surface area contributed by atoms with E-state index in [1.165, 1.54) is 30.6 Å². The summed E-state index contributed by atoms with van der Waals surface area (Å²) in [4.78, 5) is 22.7. The summed E-state index contributed by atoms with van der Waals surface area (Å²) in [6.07, 6.45) is 5.46. The fourth-order valence-corrected chi connectivity index (χ4v) is 4.27. The maximum Gasteiger partial charge on any atom is 0.276 e. The molecular weight excluding hydrogens is 378 g/mol. The lowest BCUT2D eigenvalue weighted by Gasteiger charge is -2.25. The standard InChI is InChI=1S/C19H21N5OS2/c25-17(16-11-20-19(26)24(16)15-7-3-1-4-8-15)22-18-21-14(13-27-18)12-23-9-5-2-6-10-23/h1,3-4,7-8,11,13H,2,5-6,9-10,12H2,(H,20,26)(H,21,22,25). The molecule has 2 aromatic heterocycles. The Balaban J connectivity index is 1.48. The largest absolute Gasteiger partial charge is 0.336 e. The van der Waals surface area contributed by atoms with Gasteiger partial charge >= 0.3 is 0 Å². The van der Waals surface area contributed by atoms with Crippen molar-refractivity contribution in [1.82, 2.24) is 19.4 Å². The maximum absolute atomic E-state index is 12.8. The van der Waals surface area contributed by atoms with Gasteiger partial charge in [0.1, 0.15) is 5.69 Å². The average Bonchev–Trinajstić information content (AvgIpc) is 3.29. The fraction of sp³-hybridized carbons (Fsp3) is 0.316. The van der Waals surface area contributed by atoms with Crippen molar-refractivity contribution in [3.8, 4) is 5.69 Å². The molecule has 27 heavy (non-hydrogen) atoms. The highest BCUT2D eigenvalue weighted by molar-refractivity contribution is 7.71. The Morgan fingerprint density at radius 3 is 2.78 bits per heavy atom. The second kappa shape index (κ2) is 8.16. The van der Waals surface area contributed by atoms with Crippen molar-refractivity contribution >= 4 is 34.6 Å². The van der Waals surface area contributed by atoms with Crippen LogP contribution in [0.3, 0.4) is 0 Å². The molecule has 1 aliphatic heterocycles. The summed E-state index contributed by atoms with van der Waals surface area (Å²) < 4.78 is 2.21. The first-order valence-corrected chi connectivity index (χ1v) is 10.3. The van der Waals surface area contributed by atoms with Crippen LogP contribution in [0.2, 0.25) is 0 Å². The van der Waals surface area contributed by atoms with Crippen molar-refractivity contribution in [2.75, 3.05) is 18.4 Å². The van der Waals surface area contributed by atoms with E-state index in [0.29, 0.717) is 15.6 Å². The highest BCUT2D eigenvalue weighted by atomic mass is 32.1. The van der Waals surface area contributed by atoms with E-state index in [1.54, 1.807) is 10.8 Å². The molecule has 3 aromatic rings. The van der Waals surface area contributed by atoms with Crippen molar-refractivity contribution in [3.05, 3.63) is 58.1 Å². The van der Waals surface area contributed by atoms with Crippen molar-refractivity contribution in [1.29, 1.82) is 0 Å². The van der Waals surface area contributed by atoms with Crippen LogP contribution < -0.4 is 5.32 Å². The van der Waals surface area contributed by atoms with Gasteiger partial charge in [-0.3, -0.25) is 19.6 Å². The fourth-order valence-electron chi connectivity index (χ4n) is 3.31. The van der Waals surface area contributed by atoms with Gasteiger partial charge in [0.2, 0.25) is 0 Å². The lowest BCUT2D eigenvalue weighted by atomic mass is 10.1. The van der Waals surface area contributed by atoms with Crippen LogP contribution in [0.15, 0.2) is 41.9 Å². The number of benzene rings is 1. The van der Waals surface area contributed by atoms with E-state index in [0.717, 1.165) is 31.0 Å². The molecule has 0 bridgehead atoms. The SMILES string of the molecule is O=C(Nc1nc(CN2CCCCC2)cs1)c1c[nH]c(=S)n1-c1ccccc1. The minimum atomic E-state index is -0.231. The number of piperidine rings is 1. The zero-order valence-electron chi connectivity index (χ0n) is 14.9. The Labute approximate surface area is 166 Å². The van der Waals surface area contributed by atoms with Crippen LogP contribution in [0, 0.1) is 4.77 Å². The van der Waals surface area contributed by atoms with E-state index in [9.17, 15) is 4.79 Å². The molecule has 1 aliphatic rings. The molecule has 0 spiro atoms. The maximum atomic E-state index is 12.8. The lowest BCUT2D eigenvalue weighted by molar-refractivity contribution is 0.102. The number of imidazole rings is 1. The molecule has 8 heteroatoms. The summed E-state index contributed by atoms with van der Waals surface area (Å²) in [5.41, 5.74) is 2.31. The van der Waals surface area contributed by atoms with Crippen molar-refractivity contribution in [2.45, 2.75) is 25.8 Å². The van der Waals surface area contributed by atoms with Crippen LogP contribution >= 0.6 is 23.6 Å². The first-order valence-electron chi connectivity index (χ1n) is 9.05. The van der Waals surface area contributed by atoms with Gasteiger partial charge in [-0.2, -0.15) is 0 Å². The van der Waals surface area contributed by atoms with E-state index in [1.807, 2.05) is 35.7 Å². The topological polar surface area (TPSA) is 66.0 Å². The van der Waals surface area contributed by atoms with E-state index >= 15 is 0 Å². The van der Waals surface area contributed by atoms with Gasteiger partial charge in [-0.15, -0.1) is 11.3 Å². The molecule has 2 N–H and O–H groups in total. The number of aromatic nitrogens is 3. The Hall–Kier alpha value is -2.29. The monoisotopic (exact) mass is 399 g/mol. The van der Waals surface area contributed by atoms with Gasteiger partial charge in [0.15, 0.2) is 9.90 Å². The number of aromatic amines is 1. The number of likely N-dealkylation sites (tertiary alicyclic amines) is 1. The Bertz CT molecular complexity index is 969. The molecule has 0 radical (unpaired) electrons. The minimum absolute atomic E-state index is 0.231. The molecule has 1 saturated heterocycles. The Morgan fingerprint density at radius 2 is 2.00 bits per heavy atom. The lowest BCUT2D eigenvalue weighted by Crippen LogP contribution is -2.29. The molecule has 1 fully saturated rings. The van der Waals surface area contributed by atoms with Crippen LogP contribution in [0.1, 0.15) is 35.4 Å². The van der Waals surface area contributed by atoms with E-state index in [2.05, 4.69) is 20.2 Å². The number of nitrogens with one attached hydrogen (secondary N) is 2. The molecule has 140 valence electrons. The van der Waals surface area contributed by atoms with Gasteiger partial charge in [-0.1, -0.05) is 24.6 Å². The molecule has 3 heterocycles. The van der Waals surface area contributed by atoms with Crippen LogP contribution in [0.5, 0.6) is 0 Å². The van der Waals surface area contributed by atoms with Crippen molar-refractivity contribution in [2.24, 2.45) is 0 Å². The number of H-pyrrole nitrogens is 1. The first kappa shape index (κ1) is 18.1. The first-order chi connectivity index (χ1) is 13.2. The summed E-state index contributed by atoms with van der Waals surface area (Å²) in [6.45, 7) is 3.10. The quantitative estimate of drug-likeness (QED) is 0.630. The number of carbonyl (C=O) groups is 1. The number of hydrogen-bond acceptors (Lipinski definition) is 5. The van der Waals surface area contributed by atoms with Gasteiger partial charge in [0.25, 0.3) is 5.91 Å². The van der Waals surface area contributed by atoms with Gasteiger partial charge in [-0.05, 0) is 50.3 Å². The molecule has 0 unspecified atom stereocenters. The van der Waals surface area contributed by atoms with Crippen molar-refractivity contribution in [3.63, 3.8) is 0 Å². The average molecular weight is 400 g/mol. The van der Waals surface area contributed by atoms with Crippen LogP contribution in [-0.4, -0.2) is 38.4 Å². The van der Waals surface area contributed by atoms with E-state index in [4.69, 9.17) is 12.2 Å². The third-order valence-electron chi connectivity index (χ3n) is 4.63. The van der Waals surface area contributed by atoms with Crippen molar-refractivity contribution < 1.29 is 4.79 Å². The number of anilines is 1. The highest BCUT2D eigenvalue weighted by Gasteiger charge is 2.17. The molecule has 0 saturated carbocycles. The van der Waals surface area contributed by atoms with Gasteiger partial charge in [0, 0.05) is 23.8 Å². The number of hydrogen-bond donors (Lipinski definition) is 2. The normalized spacial score (nSPS) is 15.0. The molecule has 1 aromatic carbocycles. The molecule has 0 aliphatic carbocycles. The summed E-state index contributed by atoms with van der Waals surface area (Å²) >= 11 is 6.80. The predicted molar refractivity (Wildman–Crippen MR) is 110 cm³/mol.